The van der Waals surface area contributed by atoms with Crippen molar-refractivity contribution < 1.29 is 0 Å². The summed E-state index contributed by atoms with van der Waals surface area (Å²) in [6.45, 7) is 6.88. The molecule has 23 heavy (non-hydrogen) atoms. The van der Waals surface area contributed by atoms with Crippen LogP contribution in [0.5, 0.6) is 0 Å². The number of guanidine groups is 1. The van der Waals surface area contributed by atoms with E-state index >= 15 is 0 Å². The fourth-order valence-electron chi connectivity index (χ4n) is 2.66. The van der Waals surface area contributed by atoms with E-state index in [0.29, 0.717) is 5.92 Å². The first kappa shape index (κ1) is 16.6. The fraction of sp³-hybridized carbons (Fsp3) is 0.500. The molecule has 0 saturated carbocycles. The van der Waals surface area contributed by atoms with Gasteiger partial charge in [-0.05, 0) is 65.3 Å². The summed E-state index contributed by atoms with van der Waals surface area (Å²) >= 11 is 5.25. The Morgan fingerprint density at radius 2 is 2.39 bits per heavy atom. The second-order valence-corrected chi connectivity index (χ2v) is 7.34. The summed E-state index contributed by atoms with van der Waals surface area (Å²) in [6, 6.07) is 4.40. The number of aliphatic imine (C=N–C) groups is 1. The minimum absolute atomic E-state index is 0.514. The molecule has 0 fully saturated rings. The third-order valence-corrected chi connectivity index (χ3v) is 5.78. The Bertz CT molecular complexity index is 631. The molecule has 1 unspecified atom stereocenters. The molecule has 1 aromatic rings. The van der Waals surface area contributed by atoms with Gasteiger partial charge in [0, 0.05) is 40.3 Å². The van der Waals surface area contributed by atoms with Gasteiger partial charge >= 0.3 is 0 Å². The van der Waals surface area contributed by atoms with E-state index in [1.165, 1.54) is 11.3 Å². The first-order chi connectivity index (χ1) is 11.2. The molecular weight excluding hydrogens is 374 g/mol. The van der Waals surface area contributed by atoms with E-state index in [2.05, 4.69) is 55.1 Å². The number of hydrogen-bond donors (Lipinski definition) is 2. The van der Waals surface area contributed by atoms with E-state index in [4.69, 9.17) is 0 Å². The molecule has 1 aromatic carbocycles. The van der Waals surface area contributed by atoms with Crippen LogP contribution in [0.4, 0.5) is 5.69 Å². The third-order valence-electron chi connectivity index (χ3n) is 4.02. The van der Waals surface area contributed by atoms with Crippen LogP contribution in [-0.2, 0) is 6.42 Å². The van der Waals surface area contributed by atoms with Gasteiger partial charge in [0.25, 0.3) is 0 Å². The molecule has 2 N–H and O–H groups in total. The van der Waals surface area contributed by atoms with E-state index in [9.17, 15) is 0 Å². The van der Waals surface area contributed by atoms with Crippen molar-refractivity contribution in [1.29, 1.82) is 0 Å². The smallest absolute Gasteiger partial charge is 0.225 e. The number of benzene rings is 1. The number of hydrogen-bond acceptors (Lipinski definition) is 4. The van der Waals surface area contributed by atoms with Gasteiger partial charge in [0.1, 0.15) is 0 Å². The van der Waals surface area contributed by atoms with E-state index in [0.717, 1.165) is 47.8 Å². The van der Waals surface area contributed by atoms with Crippen molar-refractivity contribution in [1.82, 2.24) is 9.73 Å². The second kappa shape index (κ2) is 7.57. The van der Waals surface area contributed by atoms with Crippen LogP contribution in [0.15, 0.2) is 31.6 Å². The van der Waals surface area contributed by atoms with Crippen molar-refractivity contribution in [3.63, 3.8) is 0 Å². The third kappa shape index (κ3) is 3.83. The Hall–Kier alpha value is -1.21. The molecule has 7 heteroatoms. The normalized spacial score (nSPS) is 19.9. The lowest BCUT2D eigenvalue weighted by molar-refractivity contribution is 0.431. The van der Waals surface area contributed by atoms with E-state index in [-0.39, 0.29) is 0 Å². The first-order valence-corrected chi connectivity index (χ1v) is 9.67. The Morgan fingerprint density at radius 1 is 1.52 bits per heavy atom. The number of rotatable bonds is 4. The molecule has 124 valence electrons. The molecule has 2 aliphatic rings. The number of hydrazone groups is 1. The largest absolute Gasteiger partial charge is 0.384 e. The maximum atomic E-state index is 4.56. The van der Waals surface area contributed by atoms with Crippen LogP contribution in [-0.4, -0.2) is 36.8 Å². The van der Waals surface area contributed by atoms with Gasteiger partial charge in [-0.1, -0.05) is 6.92 Å². The summed E-state index contributed by atoms with van der Waals surface area (Å²) in [6.07, 6.45) is 4.22. The van der Waals surface area contributed by atoms with E-state index < -0.39 is 0 Å². The van der Waals surface area contributed by atoms with Crippen molar-refractivity contribution in [3.05, 3.63) is 22.2 Å². The molecule has 2 aliphatic heterocycles. The highest BCUT2D eigenvalue weighted by molar-refractivity contribution is 9.10. The summed E-state index contributed by atoms with van der Waals surface area (Å²) in [5.41, 5.74) is 2.61. The Balaban J connectivity index is 1.68. The second-order valence-electron chi connectivity index (χ2n) is 5.63. The number of anilines is 1. The van der Waals surface area contributed by atoms with Crippen molar-refractivity contribution in [2.45, 2.75) is 31.6 Å². The summed E-state index contributed by atoms with van der Waals surface area (Å²) in [5.74, 6) is 1.34. The molecular formula is C16H22BrN5S. The average molecular weight is 396 g/mol. The van der Waals surface area contributed by atoms with Gasteiger partial charge in [-0.15, -0.1) is 0 Å². The van der Waals surface area contributed by atoms with Crippen molar-refractivity contribution in [2.75, 3.05) is 25.0 Å². The first-order valence-electron chi connectivity index (χ1n) is 8.06. The molecule has 5 nitrogen and oxygen atoms in total. The zero-order chi connectivity index (χ0) is 16.2. The van der Waals surface area contributed by atoms with Crippen LogP contribution in [0.25, 0.3) is 0 Å². The van der Waals surface area contributed by atoms with Gasteiger partial charge in [0.05, 0.1) is 6.54 Å². The van der Waals surface area contributed by atoms with Crippen LogP contribution < -0.4 is 10.0 Å². The zero-order valence-electron chi connectivity index (χ0n) is 13.5. The van der Waals surface area contributed by atoms with Crippen LogP contribution in [0, 0.1) is 5.92 Å². The van der Waals surface area contributed by atoms with Gasteiger partial charge < -0.3 is 5.32 Å². The molecule has 3 rings (SSSR count). The molecule has 0 radical (unpaired) electrons. The molecule has 0 saturated heterocycles. The Morgan fingerprint density at radius 3 is 3.13 bits per heavy atom. The summed E-state index contributed by atoms with van der Waals surface area (Å²) < 4.78 is 4.49. The quantitative estimate of drug-likeness (QED) is 0.463. The Kier molecular flexibility index (Phi) is 5.48. The Labute approximate surface area is 150 Å². The highest BCUT2D eigenvalue weighted by atomic mass is 79.9. The highest BCUT2D eigenvalue weighted by Gasteiger charge is 2.21. The minimum atomic E-state index is 0.514. The number of nitrogens with one attached hydrogen (secondary N) is 2. The fourth-order valence-corrected chi connectivity index (χ4v) is 4.00. The molecule has 0 spiro atoms. The van der Waals surface area contributed by atoms with Gasteiger partial charge in [0.2, 0.25) is 5.96 Å². The maximum Gasteiger partial charge on any atom is 0.225 e. The van der Waals surface area contributed by atoms with Crippen LogP contribution >= 0.6 is 27.9 Å². The van der Waals surface area contributed by atoms with Crippen LogP contribution in [0.1, 0.15) is 25.8 Å². The summed E-state index contributed by atoms with van der Waals surface area (Å²) in [4.78, 5) is 5.71. The van der Waals surface area contributed by atoms with Crippen LogP contribution in [0.2, 0.25) is 0 Å². The van der Waals surface area contributed by atoms with Gasteiger partial charge in [-0.3, -0.25) is 9.71 Å². The van der Waals surface area contributed by atoms with Gasteiger partial charge in [-0.2, -0.15) is 5.10 Å². The SMILES string of the molecule is CCN=C(NSc1cc2c(cc1Br)CCN2)N1CC(CC)C=N1. The highest BCUT2D eigenvalue weighted by Crippen LogP contribution is 2.34. The molecule has 0 aromatic heterocycles. The minimum Gasteiger partial charge on any atom is -0.384 e. The predicted octanol–water partition coefficient (Wildman–Crippen LogP) is 3.72. The molecule has 0 aliphatic carbocycles. The van der Waals surface area contributed by atoms with Gasteiger partial charge in [-0.25, -0.2) is 5.01 Å². The monoisotopic (exact) mass is 395 g/mol. The topological polar surface area (TPSA) is 52.0 Å². The predicted molar refractivity (Wildman–Crippen MR) is 102 cm³/mol. The molecule has 0 amide bonds. The summed E-state index contributed by atoms with van der Waals surface area (Å²) in [5, 5.41) is 9.86. The number of fused-ring (bicyclic) bond motifs is 1. The van der Waals surface area contributed by atoms with Crippen molar-refractivity contribution in [2.24, 2.45) is 16.0 Å². The molecule has 1 atom stereocenters. The molecule has 0 bridgehead atoms. The lowest BCUT2D eigenvalue weighted by Gasteiger charge is -2.19. The van der Waals surface area contributed by atoms with Crippen molar-refractivity contribution >= 4 is 45.7 Å². The maximum absolute atomic E-state index is 4.56. The lowest BCUT2D eigenvalue weighted by atomic mass is 10.1. The van der Waals surface area contributed by atoms with Gasteiger partial charge in [0.15, 0.2) is 0 Å². The standard InChI is InChI=1S/C16H22BrN5S/c1-3-11-9-20-22(10-11)16(18-4-2)21-23-15-8-14-12(5-6-19-14)7-13(15)17/h7-9,11,19H,3-6,10H2,1-2H3,(H,18,21). The van der Waals surface area contributed by atoms with Crippen molar-refractivity contribution in [3.8, 4) is 0 Å². The number of halogens is 1. The zero-order valence-corrected chi connectivity index (χ0v) is 15.9. The number of nitrogens with zero attached hydrogens (tertiary/aromatic N) is 3. The lowest BCUT2D eigenvalue weighted by Crippen LogP contribution is -2.34. The molecule has 2 heterocycles. The van der Waals surface area contributed by atoms with E-state index in [1.54, 1.807) is 11.9 Å². The summed E-state index contributed by atoms with van der Waals surface area (Å²) in [7, 11) is 0. The average Bonchev–Trinajstić information content (AvgIpc) is 3.19. The van der Waals surface area contributed by atoms with E-state index in [1.807, 2.05) is 18.1 Å². The van der Waals surface area contributed by atoms with Crippen LogP contribution in [0.3, 0.4) is 0 Å².